The first kappa shape index (κ1) is 22.5. The van der Waals surface area contributed by atoms with E-state index in [2.05, 4.69) is 5.73 Å². The molecule has 0 saturated carbocycles. The van der Waals surface area contributed by atoms with Crippen LogP contribution in [-0.2, 0) is 28.6 Å². The van der Waals surface area contributed by atoms with Crippen molar-refractivity contribution in [3.63, 3.8) is 0 Å². The van der Waals surface area contributed by atoms with Gasteiger partial charge in [0.25, 0.3) is 20.2 Å². The molecule has 10 heteroatoms. The highest BCUT2D eigenvalue weighted by atomic mass is 32.2. The SMILES string of the molecule is Cc1ccc(S(=O)(=O)OC[C@@H](O)[C@@H]([NH3+])COS(=O)(=O)c2ccc(C)cc2)cc1. The van der Waals surface area contributed by atoms with Gasteiger partial charge in [-0.05, 0) is 38.1 Å². The molecule has 0 spiro atoms. The smallest absolute Gasteiger partial charge is 0.297 e. The molecule has 0 aromatic heterocycles. The zero-order chi connectivity index (χ0) is 20.9. The molecule has 0 radical (unpaired) electrons. The van der Waals surface area contributed by atoms with E-state index in [9.17, 15) is 21.9 Å². The molecule has 0 fully saturated rings. The van der Waals surface area contributed by atoms with E-state index in [1.807, 2.05) is 13.8 Å². The Balaban J connectivity index is 1.91. The molecule has 4 N–H and O–H groups in total. The van der Waals surface area contributed by atoms with E-state index in [-0.39, 0.29) is 9.79 Å². The zero-order valence-electron chi connectivity index (χ0n) is 15.6. The average molecular weight is 431 g/mol. The maximum Gasteiger partial charge on any atom is 0.297 e. The molecule has 0 aliphatic rings. The summed E-state index contributed by atoms with van der Waals surface area (Å²) in [5.74, 6) is 0. The van der Waals surface area contributed by atoms with Crippen molar-refractivity contribution in [1.82, 2.24) is 0 Å². The fourth-order valence-corrected chi connectivity index (χ4v) is 4.01. The standard InChI is InChI=1S/C18H23NO7S2/c1-13-3-7-15(8-4-13)27(21,22)25-11-17(19)18(20)12-26-28(23,24)16-9-5-14(2)6-10-16/h3-10,17-18,20H,11-12,19H2,1-2H3/p+1/t17-,18+/m0/s1. The van der Waals surface area contributed by atoms with Crippen molar-refractivity contribution >= 4 is 20.2 Å². The fourth-order valence-electron chi connectivity index (χ4n) is 2.13. The van der Waals surface area contributed by atoms with Crippen LogP contribution >= 0.6 is 0 Å². The number of hydrogen-bond donors (Lipinski definition) is 2. The maximum absolute atomic E-state index is 12.1. The largest absolute Gasteiger partial charge is 0.384 e. The van der Waals surface area contributed by atoms with Gasteiger partial charge in [-0.1, -0.05) is 35.4 Å². The van der Waals surface area contributed by atoms with E-state index in [0.29, 0.717) is 0 Å². The molecule has 0 amide bonds. The second kappa shape index (κ2) is 9.12. The van der Waals surface area contributed by atoms with Crippen LogP contribution in [0.5, 0.6) is 0 Å². The minimum atomic E-state index is -4.04. The summed E-state index contributed by atoms with van der Waals surface area (Å²) in [4.78, 5) is -0.0536. The third kappa shape index (κ3) is 6.09. The molecule has 0 bridgehead atoms. The summed E-state index contributed by atoms with van der Waals surface area (Å²) in [7, 11) is -8.05. The van der Waals surface area contributed by atoms with Gasteiger partial charge in [0.05, 0.1) is 16.4 Å². The summed E-state index contributed by atoms with van der Waals surface area (Å²) in [5, 5.41) is 10.0. The molecular weight excluding hydrogens is 406 g/mol. The van der Waals surface area contributed by atoms with Gasteiger partial charge in [0.2, 0.25) is 0 Å². The minimum Gasteiger partial charge on any atom is -0.384 e. The van der Waals surface area contributed by atoms with Crippen LogP contribution in [-0.4, -0.2) is 47.3 Å². The Labute approximate surface area is 165 Å². The number of aryl methyl sites for hydroxylation is 2. The fraction of sp³-hybridized carbons (Fsp3) is 0.333. The first-order chi connectivity index (χ1) is 13.0. The number of hydrogen-bond acceptors (Lipinski definition) is 7. The Kier molecular flexibility index (Phi) is 7.32. The van der Waals surface area contributed by atoms with Gasteiger partial charge in [0.1, 0.15) is 18.8 Å². The lowest BCUT2D eigenvalue weighted by molar-refractivity contribution is -0.442. The predicted octanol–water partition coefficient (Wildman–Crippen LogP) is 0.386. The summed E-state index contributed by atoms with van der Waals surface area (Å²) in [6, 6.07) is 11.2. The summed E-state index contributed by atoms with van der Waals surface area (Å²) < 4.78 is 58.3. The van der Waals surface area contributed by atoms with Crippen molar-refractivity contribution in [2.45, 2.75) is 35.8 Å². The van der Waals surface area contributed by atoms with Crippen LogP contribution in [0, 0.1) is 13.8 Å². The summed E-state index contributed by atoms with van der Waals surface area (Å²) in [6.45, 7) is 2.65. The highest BCUT2D eigenvalue weighted by Gasteiger charge is 2.26. The second-order valence-corrected chi connectivity index (χ2v) is 9.66. The second-order valence-electron chi connectivity index (χ2n) is 6.43. The monoisotopic (exact) mass is 430 g/mol. The minimum absolute atomic E-state index is 0.0158. The molecule has 2 aromatic carbocycles. The lowest BCUT2D eigenvalue weighted by atomic mass is 10.2. The van der Waals surface area contributed by atoms with Crippen LogP contribution in [0.2, 0.25) is 0 Å². The quantitative estimate of drug-likeness (QED) is 0.549. The predicted molar refractivity (Wildman–Crippen MR) is 101 cm³/mol. The molecule has 154 valence electrons. The van der Waals surface area contributed by atoms with Gasteiger partial charge < -0.3 is 10.8 Å². The number of rotatable bonds is 9. The van der Waals surface area contributed by atoms with Crippen LogP contribution in [0.1, 0.15) is 11.1 Å². The molecule has 2 atom stereocenters. The van der Waals surface area contributed by atoms with Gasteiger partial charge in [-0.3, -0.25) is 8.37 Å². The van der Waals surface area contributed by atoms with Gasteiger partial charge in [-0.2, -0.15) is 16.8 Å². The van der Waals surface area contributed by atoms with Crippen molar-refractivity contribution in [3.05, 3.63) is 59.7 Å². The lowest BCUT2D eigenvalue weighted by Gasteiger charge is -2.16. The van der Waals surface area contributed by atoms with Crippen LogP contribution in [0.4, 0.5) is 0 Å². The molecule has 0 saturated heterocycles. The van der Waals surface area contributed by atoms with Crippen LogP contribution in [0.25, 0.3) is 0 Å². The van der Waals surface area contributed by atoms with Crippen LogP contribution in [0.15, 0.2) is 58.3 Å². The molecular formula is C18H24NO7S2+. The van der Waals surface area contributed by atoms with Crippen molar-refractivity contribution in [1.29, 1.82) is 0 Å². The van der Waals surface area contributed by atoms with Gasteiger partial charge in [-0.25, -0.2) is 0 Å². The van der Waals surface area contributed by atoms with E-state index in [1.165, 1.54) is 24.3 Å². The van der Waals surface area contributed by atoms with Crippen molar-refractivity contribution < 1.29 is 36.0 Å². The van der Waals surface area contributed by atoms with Crippen molar-refractivity contribution in [2.24, 2.45) is 0 Å². The molecule has 2 aromatic rings. The average Bonchev–Trinajstić information content (AvgIpc) is 2.65. The van der Waals surface area contributed by atoms with Crippen molar-refractivity contribution in [2.75, 3.05) is 13.2 Å². The number of benzene rings is 2. The van der Waals surface area contributed by atoms with Crippen molar-refractivity contribution in [3.8, 4) is 0 Å². The molecule has 0 aliphatic heterocycles. The topological polar surface area (TPSA) is 135 Å². The number of aliphatic hydroxyl groups is 1. The van der Waals surface area contributed by atoms with Gasteiger partial charge in [0.15, 0.2) is 0 Å². The molecule has 0 aliphatic carbocycles. The Morgan fingerprint density at radius 2 is 1.14 bits per heavy atom. The first-order valence-electron chi connectivity index (χ1n) is 8.44. The zero-order valence-corrected chi connectivity index (χ0v) is 17.2. The van der Waals surface area contributed by atoms with E-state index < -0.39 is 45.6 Å². The van der Waals surface area contributed by atoms with E-state index in [0.717, 1.165) is 11.1 Å². The lowest BCUT2D eigenvalue weighted by Crippen LogP contribution is -2.69. The maximum atomic E-state index is 12.1. The Bertz CT molecular complexity index is 902. The third-order valence-corrected chi connectivity index (χ3v) is 6.59. The summed E-state index contributed by atoms with van der Waals surface area (Å²) >= 11 is 0. The van der Waals surface area contributed by atoms with E-state index in [4.69, 9.17) is 8.37 Å². The summed E-state index contributed by atoms with van der Waals surface area (Å²) in [5.41, 5.74) is 5.41. The highest BCUT2D eigenvalue weighted by Crippen LogP contribution is 2.15. The molecule has 0 unspecified atom stereocenters. The number of quaternary nitrogens is 1. The molecule has 0 heterocycles. The van der Waals surface area contributed by atoms with Crippen LogP contribution < -0.4 is 5.73 Å². The summed E-state index contributed by atoms with van der Waals surface area (Å²) in [6.07, 6.45) is -1.34. The molecule has 8 nitrogen and oxygen atoms in total. The highest BCUT2D eigenvalue weighted by molar-refractivity contribution is 7.87. The van der Waals surface area contributed by atoms with E-state index >= 15 is 0 Å². The Hall–Kier alpha value is -1.82. The van der Waals surface area contributed by atoms with E-state index in [1.54, 1.807) is 24.3 Å². The normalized spacial score (nSPS) is 14.6. The third-order valence-electron chi connectivity index (χ3n) is 3.99. The Morgan fingerprint density at radius 1 is 0.786 bits per heavy atom. The first-order valence-corrected chi connectivity index (χ1v) is 11.3. The van der Waals surface area contributed by atoms with Gasteiger partial charge >= 0.3 is 0 Å². The Morgan fingerprint density at radius 3 is 1.54 bits per heavy atom. The van der Waals surface area contributed by atoms with Crippen LogP contribution in [0.3, 0.4) is 0 Å². The molecule has 2 rings (SSSR count). The van der Waals surface area contributed by atoms with Gasteiger partial charge in [-0.15, -0.1) is 0 Å². The number of aliphatic hydroxyl groups excluding tert-OH is 1. The van der Waals surface area contributed by atoms with Gasteiger partial charge in [0, 0.05) is 0 Å². The molecule has 28 heavy (non-hydrogen) atoms.